The molecule has 19 heavy (non-hydrogen) atoms. The van der Waals surface area contributed by atoms with Crippen LogP contribution in [0.4, 0.5) is 11.4 Å². The quantitative estimate of drug-likeness (QED) is 0.611. The van der Waals surface area contributed by atoms with E-state index in [1.807, 2.05) is 12.1 Å². The van der Waals surface area contributed by atoms with E-state index in [4.69, 9.17) is 23.2 Å². The van der Waals surface area contributed by atoms with Gasteiger partial charge in [-0.1, -0.05) is 29.3 Å². The summed E-state index contributed by atoms with van der Waals surface area (Å²) in [5.74, 6) is 0. The Morgan fingerprint density at radius 3 is 2.63 bits per heavy atom. The van der Waals surface area contributed by atoms with Gasteiger partial charge in [-0.25, -0.2) is 0 Å². The van der Waals surface area contributed by atoms with E-state index in [0.717, 1.165) is 4.88 Å². The van der Waals surface area contributed by atoms with Crippen LogP contribution in [0.5, 0.6) is 0 Å². The molecule has 100 valence electrons. The van der Waals surface area contributed by atoms with E-state index >= 15 is 0 Å². The van der Waals surface area contributed by atoms with Crippen LogP contribution in [0.25, 0.3) is 0 Å². The number of anilines is 1. The second kappa shape index (κ2) is 5.77. The van der Waals surface area contributed by atoms with Crippen LogP contribution < -0.4 is 4.90 Å². The maximum Gasteiger partial charge on any atom is 0.310 e. The third kappa shape index (κ3) is 3.18. The van der Waals surface area contributed by atoms with Crippen molar-refractivity contribution in [2.24, 2.45) is 0 Å². The largest absolute Gasteiger partial charge is 0.364 e. The number of nitrogens with zero attached hydrogens (tertiary/aromatic N) is 2. The molecule has 0 atom stereocenters. The number of halogens is 2. The molecule has 1 aromatic heterocycles. The molecule has 0 amide bonds. The van der Waals surface area contributed by atoms with Crippen molar-refractivity contribution in [3.63, 3.8) is 0 Å². The fourth-order valence-electron chi connectivity index (χ4n) is 1.75. The topological polar surface area (TPSA) is 46.4 Å². The molecule has 1 heterocycles. The molecule has 0 aliphatic carbocycles. The van der Waals surface area contributed by atoms with Gasteiger partial charge in [0.15, 0.2) is 0 Å². The normalized spacial score (nSPS) is 10.5. The Morgan fingerprint density at radius 1 is 1.32 bits per heavy atom. The Hall–Kier alpha value is -1.30. The lowest BCUT2D eigenvalue weighted by molar-refractivity contribution is -0.384. The molecule has 0 aliphatic rings. The first-order chi connectivity index (χ1) is 8.99. The van der Waals surface area contributed by atoms with E-state index < -0.39 is 4.92 Å². The second-order valence-electron chi connectivity index (χ2n) is 3.93. The Kier molecular flexibility index (Phi) is 4.29. The lowest BCUT2D eigenvalue weighted by atomic mass is 10.2. The molecular formula is C12H10Cl2N2O2S. The molecule has 2 aromatic rings. The highest BCUT2D eigenvalue weighted by Gasteiger charge is 2.21. The Morgan fingerprint density at radius 2 is 2.05 bits per heavy atom. The Labute approximate surface area is 124 Å². The van der Waals surface area contributed by atoms with Crippen LogP contribution in [0.1, 0.15) is 4.88 Å². The fourth-order valence-corrected chi connectivity index (χ4v) is 3.13. The van der Waals surface area contributed by atoms with Crippen LogP contribution in [0.3, 0.4) is 0 Å². The van der Waals surface area contributed by atoms with E-state index in [1.54, 1.807) is 24.1 Å². The van der Waals surface area contributed by atoms with Crippen molar-refractivity contribution in [3.05, 3.63) is 54.7 Å². The van der Waals surface area contributed by atoms with Gasteiger partial charge in [-0.2, -0.15) is 0 Å². The van der Waals surface area contributed by atoms with Crippen LogP contribution in [-0.4, -0.2) is 12.0 Å². The maximum atomic E-state index is 11.1. The lowest BCUT2D eigenvalue weighted by Crippen LogP contribution is -2.17. The van der Waals surface area contributed by atoms with Gasteiger partial charge in [0.05, 0.1) is 15.8 Å². The van der Waals surface area contributed by atoms with Crippen molar-refractivity contribution in [1.29, 1.82) is 0 Å². The van der Waals surface area contributed by atoms with Crippen molar-refractivity contribution < 1.29 is 4.92 Å². The molecule has 0 saturated carbocycles. The van der Waals surface area contributed by atoms with Crippen LogP contribution in [-0.2, 0) is 6.54 Å². The second-order valence-corrected chi connectivity index (χ2v) is 6.13. The molecule has 4 nitrogen and oxygen atoms in total. The standard InChI is InChI=1S/C12H10Cl2N2O2S/c1-15(7-8-5-6-11(14)19-8)10-4-2-3-9(13)12(10)16(17)18/h2-6H,7H2,1H3. The number of hydrogen-bond acceptors (Lipinski definition) is 4. The van der Waals surface area contributed by atoms with Gasteiger partial charge in [-0.05, 0) is 24.3 Å². The first-order valence-electron chi connectivity index (χ1n) is 5.37. The van der Waals surface area contributed by atoms with Crippen LogP contribution in [0, 0.1) is 10.1 Å². The van der Waals surface area contributed by atoms with Crippen molar-refractivity contribution in [2.75, 3.05) is 11.9 Å². The molecule has 0 aliphatic heterocycles. The average molecular weight is 317 g/mol. The summed E-state index contributed by atoms with van der Waals surface area (Å²) >= 11 is 13.2. The third-order valence-corrected chi connectivity index (χ3v) is 4.10. The zero-order valence-electron chi connectivity index (χ0n) is 9.97. The Bertz CT molecular complexity index is 616. The molecule has 0 spiro atoms. The van der Waals surface area contributed by atoms with Crippen molar-refractivity contribution >= 4 is 45.9 Å². The minimum atomic E-state index is -0.463. The lowest BCUT2D eigenvalue weighted by Gasteiger charge is -2.18. The summed E-state index contributed by atoms with van der Waals surface area (Å²) in [6, 6.07) is 8.60. The summed E-state index contributed by atoms with van der Waals surface area (Å²) in [5.41, 5.74) is 0.413. The van der Waals surface area contributed by atoms with Gasteiger partial charge in [-0.15, -0.1) is 11.3 Å². The number of nitro benzene ring substituents is 1. The number of rotatable bonds is 4. The summed E-state index contributed by atoms with van der Waals surface area (Å²) in [6.45, 7) is 0.540. The summed E-state index contributed by atoms with van der Waals surface area (Å²) in [7, 11) is 1.78. The van der Waals surface area contributed by atoms with Crippen LogP contribution in [0.15, 0.2) is 30.3 Å². The first-order valence-corrected chi connectivity index (χ1v) is 6.94. The zero-order chi connectivity index (χ0) is 14.0. The molecular weight excluding hydrogens is 307 g/mol. The molecule has 0 unspecified atom stereocenters. The fraction of sp³-hybridized carbons (Fsp3) is 0.167. The van der Waals surface area contributed by atoms with Crippen LogP contribution >= 0.6 is 34.5 Å². The molecule has 0 fully saturated rings. The van der Waals surface area contributed by atoms with Gasteiger partial charge >= 0.3 is 5.69 Å². The summed E-state index contributed by atoms with van der Waals surface area (Å²) in [5, 5.41) is 11.2. The SMILES string of the molecule is CN(Cc1ccc(Cl)s1)c1cccc(Cl)c1[N+](=O)[O-]. The average Bonchev–Trinajstić information content (AvgIpc) is 2.73. The number of para-hydroxylation sites is 1. The number of thiophene rings is 1. The molecule has 0 saturated heterocycles. The molecule has 0 bridgehead atoms. The molecule has 0 N–H and O–H groups in total. The van der Waals surface area contributed by atoms with Gasteiger partial charge in [0.1, 0.15) is 10.7 Å². The van der Waals surface area contributed by atoms with Crippen molar-refractivity contribution in [2.45, 2.75) is 6.54 Å². The highest BCUT2D eigenvalue weighted by atomic mass is 35.5. The summed E-state index contributed by atoms with van der Waals surface area (Å²) in [6.07, 6.45) is 0. The van der Waals surface area contributed by atoms with Gasteiger partial charge in [0, 0.05) is 11.9 Å². The minimum absolute atomic E-state index is 0.0747. The molecule has 7 heteroatoms. The smallest absolute Gasteiger partial charge is 0.310 e. The van der Waals surface area contributed by atoms with E-state index in [2.05, 4.69) is 0 Å². The number of benzene rings is 1. The number of nitro groups is 1. The van der Waals surface area contributed by atoms with Gasteiger partial charge in [0.2, 0.25) is 0 Å². The van der Waals surface area contributed by atoms with Crippen molar-refractivity contribution in [3.8, 4) is 0 Å². The monoisotopic (exact) mass is 316 g/mol. The summed E-state index contributed by atoms with van der Waals surface area (Å²) in [4.78, 5) is 13.4. The van der Waals surface area contributed by atoms with Crippen LogP contribution in [0.2, 0.25) is 9.36 Å². The zero-order valence-corrected chi connectivity index (χ0v) is 12.3. The van der Waals surface area contributed by atoms with E-state index in [-0.39, 0.29) is 10.7 Å². The highest BCUT2D eigenvalue weighted by molar-refractivity contribution is 7.16. The number of hydrogen-bond donors (Lipinski definition) is 0. The van der Waals surface area contributed by atoms with Gasteiger partial charge in [0.25, 0.3) is 0 Å². The maximum absolute atomic E-state index is 11.1. The predicted molar refractivity (Wildman–Crippen MR) is 79.5 cm³/mol. The van der Waals surface area contributed by atoms with Gasteiger partial charge < -0.3 is 4.90 Å². The first kappa shape index (κ1) is 14.1. The Balaban J connectivity index is 2.31. The summed E-state index contributed by atoms with van der Waals surface area (Å²) < 4.78 is 0.698. The third-order valence-electron chi connectivity index (χ3n) is 2.58. The van der Waals surface area contributed by atoms with Gasteiger partial charge in [-0.3, -0.25) is 10.1 Å². The molecule has 1 aromatic carbocycles. The highest BCUT2D eigenvalue weighted by Crippen LogP contribution is 2.35. The van der Waals surface area contributed by atoms with E-state index in [1.165, 1.54) is 17.4 Å². The van der Waals surface area contributed by atoms with E-state index in [0.29, 0.717) is 16.6 Å². The van der Waals surface area contributed by atoms with Crippen molar-refractivity contribution in [1.82, 2.24) is 0 Å². The molecule has 2 rings (SSSR count). The molecule has 0 radical (unpaired) electrons. The van der Waals surface area contributed by atoms with E-state index in [9.17, 15) is 10.1 Å². The minimum Gasteiger partial charge on any atom is -0.364 e. The predicted octanol–water partition coefficient (Wildman–Crippen LogP) is 4.60.